The van der Waals surface area contributed by atoms with Crippen molar-refractivity contribution in [3.8, 4) is 0 Å². The number of hydrogen-bond acceptors (Lipinski definition) is 5. The molecule has 0 aromatic heterocycles. The average Bonchev–Trinajstić information content (AvgIpc) is 2.43. The van der Waals surface area contributed by atoms with Gasteiger partial charge in [-0.1, -0.05) is 13.1 Å². The molecule has 21 heavy (non-hydrogen) atoms. The van der Waals surface area contributed by atoms with Crippen molar-refractivity contribution in [2.24, 2.45) is 0 Å². The van der Waals surface area contributed by atoms with Gasteiger partial charge in [0.2, 0.25) is 0 Å². The Labute approximate surface area is 133 Å². The highest BCUT2D eigenvalue weighted by Gasteiger charge is 2.44. The van der Waals surface area contributed by atoms with E-state index in [0.29, 0.717) is 5.67 Å². The van der Waals surface area contributed by atoms with Gasteiger partial charge in [0.05, 0.1) is 15.0 Å². The second kappa shape index (κ2) is 7.67. The summed E-state index contributed by atoms with van der Waals surface area (Å²) in [5.41, 5.74) is 0.886. The van der Waals surface area contributed by atoms with Crippen LogP contribution in [0.25, 0.3) is 0 Å². The topological polar surface area (TPSA) is 34.2 Å². The van der Waals surface area contributed by atoms with Gasteiger partial charge in [0.15, 0.2) is 0 Å². The van der Waals surface area contributed by atoms with Crippen LogP contribution in [0.2, 0.25) is 13.1 Å². The Bertz CT molecular complexity index is 312. The molecule has 0 bridgehead atoms. The minimum absolute atomic E-state index is 0.242. The summed E-state index contributed by atoms with van der Waals surface area (Å²) in [7, 11) is 1.77. The summed E-state index contributed by atoms with van der Waals surface area (Å²) in [6.45, 7) is 15.1. The highest BCUT2D eigenvalue weighted by molar-refractivity contribution is 6.61. The van der Waals surface area contributed by atoms with E-state index in [-0.39, 0.29) is 5.54 Å². The monoisotopic (exact) mass is 334 g/mol. The van der Waals surface area contributed by atoms with E-state index >= 15 is 0 Å². The van der Waals surface area contributed by atoms with Gasteiger partial charge in [-0.3, -0.25) is 9.80 Å². The van der Waals surface area contributed by atoms with Crippen LogP contribution >= 0.6 is 0 Å². The average molecular weight is 335 g/mol. The minimum atomic E-state index is -2.53. The van der Waals surface area contributed by atoms with Gasteiger partial charge < -0.3 is 13.3 Å². The lowest BCUT2D eigenvalue weighted by Crippen LogP contribution is -2.66. The molecule has 0 aromatic carbocycles. The molecule has 0 N–H and O–H groups in total. The lowest BCUT2D eigenvalue weighted by atomic mass is 10.1. The quantitative estimate of drug-likeness (QED) is 0.682. The van der Waals surface area contributed by atoms with Crippen molar-refractivity contribution in [1.29, 1.82) is 0 Å². The van der Waals surface area contributed by atoms with Crippen LogP contribution in [0.15, 0.2) is 0 Å². The van der Waals surface area contributed by atoms with Crippen LogP contribution in [0.3, 0.4) is 0 Å². The lowest BCUT2D eigenvalue weighted by Gasteiger charge is -2.49. The van der Waals surface area contributed by atoms with Gasteiger partial charge in [0.1, 0.15) is 0 Å². The highest BCUT2D eigenvalue weighted by atomic mass is 28.4. The van der Waals surface area contributed by atoms with Crippen molar-refractivity contribution in [2.75, 3.05) is 47.1 Å². The normalized spacial score (nSPS) is 23.0. The predicted molar refractivity (Wildman–Crippen MR) is 92.3 cm³/mol. The maximum atomic E-state index is 5.62. The zero-order chi connectivity index (χ0) is 16.3. The van der Waals surface area contributed by atoms with E-state index in [9.17, 15) is 0 Å². The van der Waals surface area contributed by atoms with E-state index in [4.69, 9.17) is 13.3 Å². The third kappa shape index (κ3) is 4.85. The van der Waals surface area contributed by atoms with Crippen LogP contribution in [0.1, 0.15) is 20.8 Å². The van der Waals surface area contributed by atoms with Gasteiger partial charge in [-0.05, 0) is 20.8 Å². The Hall–Kier alpha value is 0.234. The molecule has 1 rings (SSSR count). The van der Waals surface area contributed by atoms with Crippen LogP contribution in [-0.2, 0) is 13.3 Å². The summed E-state index contributed by atoms with van der Waals surface area (Å²) in [5, 5.41) is 0. The van der Waals surface area contributed by atoms with E-state index in [1.54, 1.807) is 21.3 Å². The van der Waals surface area contributed by atoms with Crippen molar-refractivity contribution in [1.82, 2.24) is 9.80 Å². The van der Waals surface area contributed by atoms with Crippen molar-refractivity contribution < 1.29 is 13.3 Å². The Kier molecular flexibility index (Phi) is 7.04. The molecule has 126 valence electrons. The van der Waals surface area contributed by atoms with Crippen LogP contribution in [0.4, 0.5) is 0 Å². The van der Waals surface area contributed by atoms with E-state index in [1.165, 1.54) is 0 Å². The molecule has 0 spiro atoms. The Morgan fingerprint density at radius 2 is 1.57 bits per heavy atom. The molecule has 1 heterocycles. The van der Waals surface area contributed by atoms with E-state index < -0.39 is 17.6 Å². The fourth-order valence-corrected chi connectivity index (χ4v) is 6.74. The number of piperazine rings is 1. The number of nitrogens with zero attached hydrogens (tertiary/aromatic N) is 2. The summed E-state index contributed by atoms with van der Waals surface area (Å²) >= 11 is 0. The molecule has 1 aliphatic rings. The summed E-state index contributed by atoms with van der Waals surface area (Å²) < 4.78 is 16.8. The smallest absolute Gasteiger partial charge is 0.376 e. The summed E-state index contributed by atoms with van der Waals surface area (Å²) in [6.07, 6.45) is 0.796. The first-order valence-corrected chi connectivity index (χ1v) is 12.7. The molecule has 1 atom stereocenters. The van der Waals surface area contributed by atoms with Gasteiger partial charge >= 0.3 is 8.80 Å². The van der Waals surface area contributed by atoms with Gasteiger partial charge in [0, 0.05) is 52.2 Å². The van der Waals surface area contributed by atoms with Gasteiger partial charge in [-0.25, -0.2) is 0 Å². The maximum Gasteiger partial charge on any atom is 0.514 e. The summed E-state index contributed by atoms with van der Waals surface area (Å²) in [5.74, 6) is 0. The number of rotatable bonds is 6. The summed E-state index contributed by atoms with van der Waals surface area (Å²) in [6, 6.07) is 0. The molecule has 0 aromatic rings. The van der Waals surface area contributed by atoms with E-state index in [0.717, 1.165) is 25.8 Å². The molecule has 5 nitrogen and oxygen atoms in total. The first-order valence-electron chi connectivity index (χ1n) is 7.83. The first kappa shape index (κ1) is 19.3. The Balaban J connectivity index is 2.83. The molecule has 0 amide bonds. The van der Waals surface area contributed by atoms with Crippen molar-refractivity contribution in [3.05, 3.63) is 0 Å². The van der Waals surface area contributed by atoms with Gasteiger partial charge in [0.25, 0.3) is 0 Å². The highest BCUT2D eigenvalue weighted by Crippen LogP contribution is 2.22. The fourth-order valence-electron chi connectivity index (χ4n) is 2.98. The minimum Gasteiger partial charge on any atom is -0.376 e. The molecule has 1 fully saturated rings. The zero-order valence-electron chi connectivity index (χ0n) is 15.1. The molecular weight excluding hydrogens is 300 g/mol. The Morgan fingerprint density at radius 3 is 1.95 bits per heavy atom. The third-order valence-corrected chi connectivity index (χ3v) is 9.41. The van der Waals surface area contributed by atoms with E-state index in [1.807, 2.05) is 0 Å². The molecule has 1 saturated heterocycles. The van der Waals surface area contributed by atoms with Crippen LogP contribution in [0.5, 0.6) is 0 Å². The molecule has 7 heteroatoms. The zero-order valence-corrected chi connectivity index (χ0v) is 17.3. The van der Waals surface area contributed by atoms with Crippen LogP contribution in [-0.4, -0.2) is 85.7 Å². The molecule has 0 aliphatic carbocycles. The second-order valence-corrected chi connectivity index (χ2v) is 13.4. The number of hydrogen-bond donors (Lipinski definition) is 0. The Morgan fingerprint density at radius 1 is 1.05 bits per heavy atom. The predicted octanol–water partition coefficient (Wildman–Crippen LogP) is 1.21. The van der Waals surface area contributed by atoms with Crippen molar-refractivity contribution in [3.63, 3.8) is 0 Å². The standard InChI is InChI=1S/C14H34N2O3Si2/c1-14(2,3)16-10-9-15(13(11-16)20(7)8)12-21(17-4,18-5)19-6/h13,20H,9-12H2,1-8H3. The molecule has 1 unspecified atom stereocenters. The molecule has 1 aliphatic heterocycles. The molecular formula is C14H34N2O3Si2. The largest absolute Gasteiger partial charge is 0.514 e. The van der Waals surface area contributed by atoms with Crippen molar-refractivity contribution in [2.45, 2.75) is 45.1 Å². The van der Waals surface area contributed by atoms with Gasteiger partial charge in [-0.2, -0.15) is 0 Å². The summed E-state index contributed by atoms with van der Waals surface area (Å²) in [4.78, 5) is 5.17. The second-order valence-electron chi connectivity index (χ2n) is 7.19. The first-order chi connectivity index (χ1) is 9.69. The maximum absolute atomic E-state index is 5.62. The molecule has 0 saturated carbocycles. The lowest BCUT2D eigenvalue weighted by molar-refractivity contribution is 0.0363. The van der Waals surface area contributed by atoms with Crippen LogP contribution in [0, 0.1) is 0 Å². The molecule has 0 radical (unpaired) electrons. The SMILES string of the molecule is CO[Si](CN1CCN(C(C)(C)C)CC1[SiH](C)C)(OC)OC. The fraction of sp³-hybridized carbons (Fsp3) is 1.00. The van der Waals surface area contributed by atoms with E-state index in [2.05, 4.69) is 43.7 Å². The van der Waals surface area contributed by atoms with Crippen LogP contribution < -0.4 is 0 Å². The van der Waals surface area contributed by atoms with Gasteiger partial charge in [-0.15, -0.1) is 0 Å². The third-order valence-electron chi connectivity index (χ3n) is 4.58. The van der Waals surface area contributed by atoms with Crippen molar-refractivity contribution >= 4 is 17.6 Å².